The minimum Gasteiger partial charge on any atom is -0.375 e. The summed E-state index contributed by atoms with van der Waals surface area (Å²) < 4.78 is 1.87. The molecule has 0 spiro atoms. The molecule has 0 aliphatic heterocycles. The van der Waals surface area contributed by atoms with Crippen molar-refractivity contribution in [1.82, 2.24) is 20.1 Å². The van der Waals surface area contributed by atoms with Crippen molar-refractivity contribution in [3.8, 4) is 0 Å². The Kier molecular flexibility index (Phi) is 6.76. The van der Waals surface area contributed by atoms with Crippen LogP contribution in [0.3, 0.4) is 0 Å². The van der Waals surface area contributed by atoms with Crippen molar-refractivity contribution in [2.24, 2.45) is 0 Å². The molecule has 0 aliphatic rings. The smallest absolute Gasteiger partial charge is 0.170 e. The third kappa shape index (κ3) is 6.07. The fourth-order valence-electron chi connectivity index (χ4n) is 2.69. The summed E-state index contributed by atoms with van der Waals surface area (Å²) in [6.07, 6.45) is 8.28. The molecule has 140 valence electrons. The topological polar surface area (TPSA) is 58.0 Å². The van der Waals surface area contributed by atoms with Crippen LogP contribution in [-0.4, -0.2) is 40.0 Å². The highest BCUT2D eigenvalue weighted by Gasteiger charge is 2.03. The Morgan fingerprint density at radius 3 is 2.70 bits per heavy atom. The molecule has 2 N–H and O–H groups in total. The molecule has 0 bridgehead atoms. The molecule has 3 rings (SSSR count). The minimum atomic E-state index is 0.612. The van der Waals surface area contributed by atoms with Gasteiger partial charge in [0.15, 0.2) is 5.11 Å². The summed E-state index contributed by atoms with van der Waals surface area (Å²) >= 11 is 5.37. The monoisotopic (exact) mass is 380 g/mol. The van der Waals surface area contributed by atoms with E-state index in [4.69, 9.17) is 12.2 Å². The molecule has 2 aromatic heterocycles. The molecule has 1 aromatic carbocycles. The summed E-state index contributed by atoms with van der Waals surface area (Å²) in [5.74, 6) is 0. The summed E-state index contributed by atoms with van der Waals surface area (Å²) in [7, 11) is 2.10. The lowest BCUT2D eigenvalue weighted by molar-refractivity contribution is 0.686. The fraction of sp³-hybridized carbons (Fsp3) is 0.250. The Morgan fingerprint density at radius 2 is 1.93 bits per heavy atom. The number of hydrogen-bond acceptors (Lipinski definition) is 4. The predicted molar refractivity (Wildman–Crippen MR) is 114 cm³/mol. The third-order valence-electron chi connectivity index (χ3n) is 4.14. The maximum absolute atomic E-state index is 5.37. The maximum atomic E-state index is 5.37. The van der Waals surface area contributed by atoms with Gasteiger partial charge in [-0.15, -0.1) is 0 Å². The van der Waals surface area contributed by atoms with Gasteiger partial charge in [0, 0.05) is 44.4 Å². The van der Waals surface area contributed by atoms with Crippen LogP contribution in [0.2, 0.25) is 0 Å². The molecule has 0 saturated heterocycles. The lowest BCUT2D eigenvalue weighted by Crippen LogP contribution is -2.31. The number of pyridine rings is 1. The molecule has 2 heterocycles. The zero-order chi connectivity index (χ0) is 18.9. The van der Waals surface area contributed by atoms with Crippen molar-refractivity contribution < 1.29 is 0 Å². The lowest BCUT2D eigenvalue weighted by atomic mass is 10.3. The Bertz CT molecular complexity index is 834. The van der Waals surface area contributed by atoms with E-state index in [9.17, 15) is 0 Å². The van der Waals surface area contributed by atoms with E-state index in [1.54, 1.807) is 18.6 Å². The first-order chi connectivity index (χ1) is 13.2. The SMILES string of the molecule is CN(CCCNC(=S)Nc1cnn(Cc2ccncc2)c1)c1ccccc1. The Labute approximate surface area is 165 Å². The molecular weight excluding hydrogens is 356 g/mol. The minimum absolute atomic E-state index is 0.612. The van der Waals surface area contributed by atoms with Gasteiger partial charge in [0.05, 0.1) is 18.4 Å². The van der Waals surface area contributed by atoms with Gasteiger partial charge in [-0.25, -0.2) is 0 Å². The average molecular weight is 381 g/mol. The number of anilines is 2. The van der Waals surface area contributed by atoms with Crippen LogP contribution in [-0.2, 0) is 6.54 Å². The van der Waals surface area contributed by atoms with Gasteiger partial charge in [0.25, 0.3) is 0 Å². The van der Waals surface area contributed by atoms with Gasteiger partial charge in [0.1, 0.15) is 0 Å². The molecule has 27 heavy (non-hydrogen) atoms. The first-order valence-corrected chi connectivity index (χ1v) is 9.34. The fourth-order valence-corrected chi connectivity index (χ4v) is 2.91. The first-order valence-electron chi connectivity index (χ1n) is 8.93. The van der Waals surface area contributed by atoms with E-state index in [1.807, 2.05) is 29.1 Å². The molecule has 3 aromatic rings. The van der Waals surface area contributed by atoms with Crippen LogP contribution in [0.1, 0.15) is 12.0 Å². The Morgan fingerprint density at radius 1 is 1.15 bits per heavy atom. The van der Waals surface area contributed by atoms with E-state index in [-0.39, 0.29) is 0 Å². The number of nitrogens with zero attached hydrogens (tertiary/aromatic N) is 4. The number of nitrogens with one attached hydrogen (secondary N) is 2. The molecule has 0 atom stereocenters. The van der Waals surface area contributed by atoms with Gasteiger partial charge in [-0.1, -0.05) is 18.2 Å². The molecule has 0 fully saturated rings. The standard InChI is InChI=1S/C20H24N6S/c1-25(19-6-3-2-4-7-19)13-5-10-22-20(27)24-18-14-23-26(16-18)15-17-8-11-21-12-9-17/h2-4,6-9,11-12,14,16H,5,10,13,15H2,1H3,(H2,22,24,27). The van der Waals surface area contributed by atoms with Crippen LogP contribution in [0.4, 0.5) is 11.4 Å². The molecule has 0 amide bonds. The summed E-state index contributed by atoms with van der Waals surface area (Å²) in [4.78, 5) is 6.26. The van der Waals surface area contributed by atoms with Crippen molar-refractivity contribution in [3.63, 3.8) is 0 Å². The van der Waals surface area contributed by atoms with Crippen molar-refractivity contribution in [2.75, 3.05) is 30.4 Å². The maximum Gasteiger partial charge on any atom is 0.170 e. The van der Waals surface area contributed by atoms with E-state index < -0.39 is 0 Å². The normalized spacial score (nSPS) is 10.4. The van der Waals surface area contributed by atoms with Crippen molar-refractivity contribution >= 4 is 28.7 Å². The average Bonchev–Trinajstić information content (AvgIpc) is 3.13. The largest absolute Gasteiger partial charge is 0.375 e. The zero-order valence-electron chi connectivity index (χ0n) is 15.4. The highest BCUT2D eigenvalue weighted by Crippen LogP contribution is 2.11. The van der Waals surface area contributed by atoms with Crippen LogP contribution in [0.5, 0.6) is 0 Å². The van der Waals surface area contributed by atoms with Crippen LogP contribution in [0.25, 0.3) is 0 Å². The number of para-hydroxylation sites is 1. The zero-order valence-corrected chi connectivity index (χ0v) is 16.2. The van der Waals surface area contributed by atoms with E-state index in [1.165, 1.54) is 5.69 Å². The van der Waals surface area contributed by atoms with Gasteiger partial charge in [-0.2, -0.15) is 5.10 Å². The van der Waals surface area contributed by atoms with E-state index in [2.05, 4.69) is 56.9 Å². The quantitative estimate of drug-likeness (QED) is 0.463. The van der Waals surface area contributed by atoms with Crippen molar-refractivity contribution in [1.29, 1.82) is 0 Å². The first kappa shape index (κ1) is 18.8. The molecule has 0 aliphatic carbocycles. The number of rotatable bonds is 8. The van der Waals surface area contributed by atoms with E-state index >= 15 is 0 Å². The van der Waals surface area contributed by atoms with Crippen LogP contribution in [0.15, 0.2) is 67.3 Å². The summed E-state index contributed by atoms with van der Waals surface area (Å²) in [5.41, 5.74) is 3.26. The Hall–Kier alpha value is -2.93. The van der Waals surface area contributed by atoms with Gasteiger partial charge in [-0.05, 0) is 48.5 Å². The molecule has 7 heteroatoms. The van der Waals surface area contributed by atoms with Crippen LogP contribution >= 0.6 is 12.2 Å². The van der Waals surface area contributed by atoms with Crippen LogP contribution in [0, 0.1) is 0 Å². The van der Waals surface area contributed by atoms with Crippen molar-refractivity contribution in [3.05, 3.63) is 72.8 Å². The second-order valence-corrected chi connectivity index (χ2v) is 6.68. The summed E-state index contributed by atoms with van der Waals surface area (Å²) in [6.45, 7) is 2.48. The molecule has 6 nitrogen and oxygen atoms in total. The number of aromatic nitrogens is 3. The summed E-state index contributed by atoms with van der Waals surface area (Å²) in [5, 5.41) is 11.4. The third-order valence-corrected chi connectivity index (χ3v) is 4.38. The Balaban J connectivity index is 1.37. The second kappa shape index (κ2) is 9.68. The van der Waals surface area contributed by atoms with Gasteiger partial charge >= 0.3 is 0 Å². The molecular formula is C20H24N6S. The number of hydrogen-bond donors (Lipinski definition) is 2. The predicted octanol–water partition coefficient (Wildman–Crippen LogP) is 3.14. The molecule has 0 saturated carbocycles. The lowest BCUT2D eigenvalue weighted by Gasteiger charge is -2.19. The number of benzene rings is 1. The van der Waals surface area contributed by atoms with Gasteiger partial charge in [-0.3, -0.25) is 9.67 Å². The van der Waals surface area contributed by atoms with Gasteiger partial charge in [0.2, 0.25) is 0 Å². The number of thiocarbonyl (C=S) groups is 1. The van der Waals surface area contributed by atoms with Gasteiger partial charge < -0.3 is 15.5 Å². The van der Waals surface area contributed by atoms with E-state index in [0.29, 0.717) is 11.7 Å². The summed E-state index contributed by atoms with van der Waals surface area (Å²) in [6, 6.07) is 14.3. The highest BCUT2D eigenvalue weighted by molar-refractivity contribution is 7.80. The second-order valence-electron chi connectivity index (χ2n) is 6.27. The van der Waals surface area contributed by atoms with Crippen molar-refractivity contribution in [2.45, 2.75) is 13.0 Å². The molecule has 0 radical (unpaired) electrons. The molecule has 0 unspecified atom stereocenters. The van der Waals surface area contributed by atoms with E-state index in [0.717, 1.165) is 30.8 Å². The van der Waals surface area contributed by atoms with Crippen LogP contribution < -0.4 is 15.5 Å². The highest BCUT2D eigenvalue weighted by atomic mass is 32.1.